The molecule has 0 spiro atoms. The Bertz CT molecular complexity index is 309. The summed E-state index contributed by atoms with van der Waals surface area (Å²) < 4.78 is 4.88. The zero-order valence-electron chi connectivity index (χ0n) is 10.4. The number of hydrogen-bond acceptors (Lipinski definition) is 4. The molecule has 0 aromatic heterocycles. The predicted molar refractivity (Wildman–Crippen MR) is 65.8 cm³/mol. The molecule has 0 heterocycles. The third-order valence-electron chi connectivity index (χ3n) is 1.93. The maximum Gasteiger partial charge on any atom is 0.345 e. The van der Waals surface area contributed by atoms with Gasteiger partial charge in [-0.15, -0.1) is 0 Å². The number of rotatable bonds is 8. The van der Waals surface area contributed by atoms with E-state index in [2.05, 4.69) is 0 Å². The fourth-order valence-corrected chi connectivity index (χ4v) is 1.14. The number of ether oxygens (including phenoxy) is 1. The van der Waals surface area contributed by atoms with Gasteiger partial charge in [-0.25, -0.2) is 4.79 Å². The standard InChI is InChI=1S/C12H20N2O3/c1-3-6-11(13)10(12(16)17-4-2)9-14-7-5-8-15/h3,6,9,13-15H,4-5,7-8H2,1-2H3/p+1/b6-3+,10-9+,13-11?. The molecule has 0 unspecified atom stereocenters. The van der Waals surface area contributed by atoms with Crippen molar-refractivity contribution in [2.75, 3.05) is 19.8 Å². The summed E-state index contributed by atoms with van der Waals surface area (Å²) in [7, 11) is 0. The first kappa shape index (κ1) is 15.5. The number of nitrogens with two attached hydrogens (primary N) is 1. The number of hydrogen-bond donors (Lipinski definition) is 3. The fraction of sp³-hybridized carbons (Fsp3) is 0.500. The van der Waals surface area contributed by atoms with E-state index in [-0.39, 0.29) is 24.5 Å². The van der Waals surface area contributed by atoms with Gasteiger partial charge in [-0.3, -0.25) is 5.41 Å². The van der Waals surface area contributed by atoms with Gasteiger partial charge in [0.2, 0.25) is 0 Å². The van der Waals surface area contributed by atoms with Crippen molar-refractivity contribution in [3.05, 3.63) is 23.9 Å². The second-order valence-corrected chi connectivity index (χ2v) is 3.32. The highest BCUT2D eigenvalue weighted by atomic mass is 16.5. The molecule has 0 aliphatic carbocycles. The zero-order valence-corrected chi connectivity index (χ0v) is 10.4. The van der Waals surface area contributed by atoms with E-state index in [1.165, 1.54) is 0 Å². The second kappa shape index (κ2) is 9.74. The number of quaternary nitrogens is 1. The number of aliphatic hydroxyl groups is 1. The van der Waals surface area contributed by atoms with Crippen molar-refractivity contribution in [3.63, 3.8) is 0 Å². The highest BCUT2D eigenvalue weighted by Gasteiger charge is 2.15. The number of allylic oxidation sites excluding steroid dienone is 2. The number of carbonyl (C=O) groups excluding carboxylic acids is 1. The van der Waals surface area contributed by atoms with Crippen molar-refractivity contribution in [1.29, 1.82) is 5.41 Å². The van der Waals surface area contributed by atoms with Crippen LogP contribution in [0.4, 0.5) is 0 Å². The number of nitrogens with one attached hydrogen (secondary N) is 1. The van der Waals surface area contributed by atoms with Crippen LogP contribution in [0.1, 0.15) is 20.3 Å². The van der Waals surface area contributed by atoms with Gasteiger partial charge in [0.1, 0.15) is 11.8 Å². The van der Waals surface area contributed by atoms with E-state index >= 15 is 0 Å². The van der Waals surface area contributed by atoms with Crippen molar-refractivity contribution >= 4 is 11.7 Å². The van der Waals surface area contributed by atoms with Crippen LogP contribution in [0.15, 0.2) is 23.9 Å². The monoisotopic (exact) mass is 241 g/mol. The molecule has 5 nitrogen and oxygen atoms in total. The summed E-state index contributed by atoms with van der Waals surface area (Å²) in [6.07, 6.45) is 5.46. The van der Waals surface area contributed by atoms with Crippen LogP contribution >= 0.6 is 0 Å². The van der Waals surface area contributed by atoms with E-state index in [0.717, 1.165) is 0 Å². The topological polar surface area (TPSA) is 87.0 Å². The third-order valence-corrected chi connectivity index (χ3v) is 1.93. The van der Waals surface area contributed by atoms with Gasteiger partial charge in [-0.2, -0.15) is 0 Å². The maximum absolute atomic E-state index is 11.6. The van der Waals surface area contributed by atoms with E-state index in [1.54, 1.807) is 37.5 Å². The van der Waals surface area contributed by atoms with Crippen LogP contribution in [-0.4, -0.2) is 36.5 Å². The molecule has 0 saturated heterocycles. The predicted octanol–water partition coefficient (Wildman–Crippen LogP) is -0.0249. The minimum atomic E-state index is -0.490. The van der Waals surface area contributed by atoms with Crippen LogP contribution in [-0.2, 0) is 9.53 Å². The van der Waals surface area contributed by atoms with Gasteiger partial charge in [0.15, 0.2) is 0 Å². The third kappa shape index (κ3) is 6.65. The van der Waals surface area contributed by atoms with Gasteiger partial charge in [-0.05, 0) is 19.9 Å². The molecule has 0 aliphatic rings. The van der Waals surface area contributed by atoms with E-state index in [9.17, 15) is 4.79 Å². The lowest BCUT2D eigenvalue weighted by molar-refractivity contribution is -0.588. The Morgan fingerprint density at radius 2 is 2.24 bits per heavy atom. The van der Waals surface area contributed by atoms with Crippen molar-refractivity contribution in [1.82, 2.24) is 0 Å². The molecule has 0 radical (unpaired) electrons. The minimum Gasteiger partial charge on any atom is -0.462 e. The maximum atomic E-state index is 11.6. The van der Waals surface area contributed by atoms with Crippen LogP contribution in [0.3, 0.4) is 0 Å². The lowest BCUT2D eigenvalue weighted by Crippen LogP contribution is -2.78. The summed E-state index contributed by atoms with van der Waals surface area (Å²) in [5.74, 6) is -0.490. The Labute approximate surface area is 102 Å². The summed E-state index contributed by atoms with van der Waals surface area (Å²) in [4.78, 5) is 11.6. The highest BCUT2D eigenvalue weighted by Crippen LogP contribution is 2.00. The largest absolute Gasteiger partial charge is 0.462 e. The van der Waals surface area contributed by atoms with Crippen molar-refractivity contribution < 1.29 is 20.0 Å². The number of aliphatic hydroxyl groups excluding tert-OH is 1. The Morgan fingerprint density at radius 3 is 2.76 bits per heavy atom. The molecule has 0 fully saturated rings. The molecule has 0 atom stereocenters. The molecule has 0 aliphatic heterocycles. The SMILES string of the molecule is C/C=C/C(=N)/C(=C\[NH2+]CCCO)C(=O)OCC. The van der Waals surface area contributed by atoms with Crippen LogP contribution in [0, 0.1) is 5.41 Å². The molecule has 0 bridgehead atoms. The molecular formula is C12H21N2O3+. The normalized spacial score (nSPS) is 11.8. The second-order valence-electron chi connectivity index (χ2n) is 3.32. The molecule has 0 aromatic carbocycles. The molecule has 5 heteroatoms. The lowest BCUT2D eigenvalue weighted by atomic mass is 10.1. The summed E-state index contributed by atoms with van der Waals surface area (Å²) >= 11 is 0. The summed E-state index contributed by atoms with van der Waals surface area (Å²) in [5, 5.41) is 18.1. The van der Waals surface area contributed by atoms with Crippen molar-refractivity contribution in [2.45, 2.75) is 20.3 Å². The van der Waals surface area contributed by atoms with E-state index < -0.39 is 5.97 Å². The van der Waals surface area contributed by atoms with Crippen LogP contribution in [0.25, 0.3) is 0 Å². The first-order valence-electron chi connectivity index (χ1n) is 5.70. The van der Waals surface area contributed by atoms with Gasteiger partial charge >= 0.3 is 5.97 Å². The Kier molecular flexibility index (Phi) is 8.91. The van der Waals surface area contributed by atoms with E-state index in [1.807, 2.05) is 0 Å². The molecule has 4 N–H and O–H groups in total. The molecule has 0 rings (SSSR count). The summed E-state index contributed by atoms with van der Waals surface area (Å²) in [5.41, 5.74) is 0.370. The number of esters is 1. The molecular weight excluding hydrogens is 220 g/mol. The zero-order chi connectivity index (χ0) is 13.1. The van der Waals surface area contributed by atoms with Gasteiger partial charge in [-0.1, -0.05) is 6.08 Å². The highest BCUT2D eigenvalue weighted by molar-refractivity contribution is 6.22. The molecule has 0 saturated carbocycles. The molecule has 0 amide bonds. The van der Waals surface area contributed by atoms with Crippen molar-refractivity contribution in [3.8, 4) is 0 Å². The van der Waals surface area contributed by atoms with Crippen LogP contribution in [0.5, 0.6) is 0 Å². The minimum absolute atomic E-state index is 0.116. The Hall–Kier alpha value is -1.46. The molecule has 96 valence electrons. The molecule has 0 aromatic rings. The van der Waals surface area contributed by atoms with Gasteiger partial charge in [0.25, 0.3) is 0 Å². The smallest absolute Gasteiger partial charge is 0.345 e. The quantitative estimate of drug-likeness (QED) is 0.241. The summed E-state index contributed by atoms with van der Waals surface area (Å²) in [6.45, 7) is 4.58. The Morgan fingerprint density at radius 1 is 1.53 bits per heavy atom. The summed E-state index contributed by atoms with van der Waals surface area (Å²) in [6, 6.07) is 0. The first-order valence-corrected chi connectivity index (χ1v) is 5.70. The van der Waals surface area contributed by atoms with Crippen LogP contribution in [0.2, 0.25) is 0 Å². The first-order chi connectivity index (χ1) is 8.17. The van der Waals surface area contributed by atoms with E-state index in [0.29, 0.717) is 13.0 Å². The van der Waals surface area contributed by atoms with Gasteiger partial charge in [0.05, 0.1) is 18.9 Å². The average molecular weight is 241 g/mol. The van der Waals surface area contributed by atoms with Gasteiger partial charge < -0.3 is 15.2 Å². The van der Waals surface area contributed by atoms with E-state index in [4.69, 9.17) is 15.3 Å². The number of carbonyl (C=O) groups is 1. The van der Waals surface area contributed by atoms with Crippen LogP contribution < -0.4 is 5.32 Å². The van der Waals surface area contributed by atoms with Crippen molar-refractivity contribution in [2.24, 2.45) is 0 Å². The van der Waals surface area contributed by atoms with Gasteiger partial charge in [0, 0.05) is 13.0 Å². The average Bonchev–Trinajstić information content (AvgIpc) is 2.29. The lowest BCUT2D eigenvalue weighted by Gasteiger charge is -2.04. The molecule has 17 heavy (non-hydrogen) atoms. The fourth-order valence-electron chi connectivity index (χ4n) is 1.14. The Balaban J connectivity index is 4.60.